The van der Waals surface area contributed by atoms with E-state index in [1.54, 1.807) is 0 Å². The van der Waals surface area contributed by atoms with Crippen LogP contribution in [0.1, 0.15) is 43.4 Å². The van der Waals surface area contributed by atoms with Crippen molar-refractivity contribution in [2.75, 3.05) is 32.8 Å². The first-order chi connectivity index (χ1) is 16.0. The molecule has 2 aromatic rings. The number of ketones is 1. The van der Waals surface area contributed by atoms with Gasteiger partial charge in [-0.25, -0.2) is 4.39 Å². The Labute approximate surface area is 193 Å². The summed E-state index contributed by atoms with van der Waals surface area (Å²) >= 11 is 0. The van der Waals surface area contributed by atoms with E-state index in [9.17, 15) is 19.1 Å². The van der Waals surface area contributed by atoms with Gasteiger partial charge in [-0.15, -0.1) is 0 Å². The molecule has 2 saturated heterocycles. The molecule has 6 nitrogen and oxygen atoms in total. The number of benzene rings is 2. The molecule has 0 aliphatic carbocycles. The Balaban J connectivity index is 1.75. The molecular weight excluding hydrogens is 423 g/mol. The summed E-state index contributed by atoms with van der Waals surface area (Å²) in [5.74, 6) is -1.48. The number of carbonyl (C=O) groups excluding carboxylic acids is 2. The maximum absolute atomic E-state index is 13.4. The number of rotatable bonds is 8. The lowest BCUT2D eigenvalue weighted by Gasteiger charge is -2.27. The standard InChI is InChI=1S/C26H29FN2O4/c1-2-16-33-21-7-5-6-19(17-21)23-22(24(30)18-8-10-20(27)11-9-18)25(31)26(32)29(23)15-14-28-12-3-4-13-28/h5-11,17,23,30H,2-4,12-16H2,1H3/b24-22+. The van der Waals surface area contributed by atoms with Gasteiger partial charge in [0.15, 0.2) is 0 Å². The van der Waals surface area contributed by atoms with Crippen LogP contribution < -0.4 is 4.74 Å². The highest BCUT2D eigenvalue weighted by atomic mass is 19.1. The molecule has 4 rings (SSSR count). The van der Waals surface area contributed by atoms with Crippen LogP contribution in [-0.4, -0.2) is 59.4 Å². The number of halogens is 1. The summed E-state index contributed by atoms with van der Waals surface area (Å²) in [6, 6.07) is 11.8. The highest BCUT2D eigenvalue weighted by molar-refractivity contribution is 6.46. The number of hydrogen-bond donors (Lipinski definition) is 1. The number of likely N-dealkylation sites (tertiary alicyclic amines) is 2. The number of amides is 1. The van der Waals surface area contributed by atoms with Crippen molar-refractivity contribution in [2.45, 2.75) is 32.2 Å². The summed E-state index contributed by atoms with van der Waals surface area (Å²) in [5.41, 5.74) is 0.992. The normalized spacial score (nSPS) is 20.5. The van der Waals surface area contributed by atoms with Crippen molar-refractivity contribution in [2.24, 2.45) is 0 Å². The lowest BCUT2D eigenvalue weighted by molar-refractivity contribution is -0.140. The second-order valence-electron chi connectivity index (χ2n) is 8.47. The largest absolute Gasteiger partial charge is 0.507 e. The molecule has 0 aromatic heterocycles. The third-order valence-corrected chi connectivity index (χ3v) is 6.16. The van der Waals surface area contributed by atoms with Crippen LogP contribution in [0.15, 0.2) is 54.1 Å². The van der Waals surface area contributed by atoms with E-state index in [1.807, 2.05) is 31.2 Å². The molecule has 0 spiro atoms. The monoisotopic (exact) mass is 452 g/mol. The molecule has 1 unspecified atom stereocenters. The van der Waals surface area contributed by atoms with E-state index in [0.717, 1.165) is 32.4 Å². The molecule has 1 atom stereocenters. The SMILES string of the molecule is CCCOc1cccc(C2/C(=C(\O)c3ccc(F)cc3)C(=O)C(=O)N2CCN2CCCC2)c1. The minimum absolute atomic E-state index is 0.0145. The van der Waals surface area contributed by atoms with Crippen LogP contribution in [0.4, 0.5) is 4.39 Å². The lowest BCUT2D eigenvalue weighted by Crippen LogP contribution is -2.37. The van der Waals surface area contributed by atoms with Crippen LogP contribution in [0.25, 0.3) is 5.76 Å². The van der Waals surface area contributed by atoms with Gasteiger partial charge in [0, 0.05) is 18.7 Å². The number of carbonyl (C=O) groups is 2. The van der Waals surface area contributed by atoms with Gasteiger partial charge in [-0.3, -0.25) is 9.59 Å². The van der Waals surface area contributed by atoms with E-state index < -0.39 is 23.5 Å². The molecule has 2 fully saturated rings. The van der Waals surface area contributed by atoms with Gasteiger partial charge >= 0.3 is 0 Å². The highest BCUT2D eigenvalue weighted by Crippen LogP contribution is 2.40. The minimum atomic E-state index is -0.747. The number of hydrogen-bond acceptors (Lipinski definition) is 5. The molecule has 7 heteroatoms. The highest BCUT2D eigenvalue weighted by Gasteiger charge is 2.46. The van der Waals surface area contributed by atoms with Crippen molar-refractivity contribution in [3.63, 3.8) is 0 Å². The summed E-state index contributed by atoms with van der Waals surface area (Å²) < 4.78 is 19.2. The molecule has 2 heterocycles. The summed E-state index contributed by atoms with van der Waals surface area (Å²) in [7, 11) is 0. The molecule has 33 heavy (non-hydrogen) atoms. The van der Waals surface area contributed by atoms with Crippen molar-refractivity contribution in [3.8, 4) is 5.75 Å². The summed E-state index contributed by atoms with van der Waals surface area (Å²) in [6.45, 7) is 5.55. The van der Waals surface area contributed by atoms with Crippen LogP contribution >= 0.6 is 0 Å². The number of aliphatic hydroxyl groups is 1. The number of ether oxygens (including phenoxy) is 1. The smallest absolute Gasteiger partial charge is 0.295 e. The molecule has 0 radical (unpaired) electrons. The van der Waals surface area contributed by atoms with Crippen molar-refractivity contribution >= 4 is 17.4 Å². The maximum Gasteiger partial charge on any atom is 0.295 e. The van der Waals surface area contributed by atoms with Crippen molar-refractivity contribution < 1.29 is 23.8 Å². The van der Waals surface area contributed by atoms with Gasteiger partial charge in [-0.2, -0.15) is 0 Å². The molecule has 174 valence electrons. The maximum atomic E-state index is 13.4. The van der Waals surface area contributed by atoms with Crippen LogP contribution in [0.3, 0.4) is 0 Å². The van der Waals surface area contributed by atoms with E-state index in [2.05, 4.69) is 4.90 Å². The lowest BCUT2D eigenvalue weighted by atomic mass is 9.95. The zero-order valence-electron chi connectivity index (χ0n) is 18.8. The van der Waals surface area contributed by atoms with Gasteiger partial charge in [-0.05, 0) is 74.3 Å². The third-order valence-electron chi connectivity index (χ3n) is 6.16. The molecule has 0 bridgehead atoms. The zero-order valence-corrected chi connectivity index (χ0v) is 18.8. The Morgan fingerprint density at radius 1 is 1.09 bits per heavy atom. The summed E-state index contributed by atoms with van der Waals surface area (Å²) in [5, 5.41) is 11.1. The third kappa shape index (κ3) is 4.93. The molecule has 1 amide bonds. The van der Waals surface area contributed by atoms with E-state index >= 15 is 0 Å². The second-order valence-corrected chi connectivity index (χ2v) is 8.47. The topological polar surface area (TPSA) is 70.1 Å². The van der Waals surface area contributed by atoms with Crippen LogP contribution in [0, 0.1) is 5.82 Å². The number of nitrogens with zero attached hydrogens (tertiary/aromatic N) is 2. The summed E-state index contributed by atoms with van der Waals surface area (Å²) in [6.07, 6.45) is 3.11. The predicted octanol–water partition coefficient (Wildman–Crippen LogP) is 4.13. The molecule has 2 aliphatic heterocycles. The zero-order chi connectivity index (χ0) is 23.4. The van der Waals surface area contributed by atoms with Crippen molar-refractivity contribution in [1.29, 1.82) is 0 Å². The molecule has 0 saturated carbocycles. The average molecular weight is 453 g/mol. The fourth-order valence-corrected chi connectivity index (χ4v) is 4.47. The van der Waals surface area contributed by atoms with Crippen molar-refractivity contribution in [1.82, 2.24) is 9.80 Å². The fourth-order valence-electron chi connectivity index (χ4n) is 4.47. The first kappa shape index (κ1) is 23.0. The van der Waals surface area contributed by atoms with Gasteiger partial charge in [0.25, 0.3) is 11.7 Å². The summed E-state index contributed by atoms with van der Waals surface area (Å²) in [4.78, 5) is 30.0. The molecule has 2 aliphatic rings. The van der Waals surface area contributed by atoms with Crippen molar-refractivity contribution in [3.05, 3.63) is 71.0 Å². The van der Waals surface area contributed by atoms with E-state index in [0.29, 0.717) is 31.0 Å². The molecule has 1 N–H and O–H groups in total. The number of Topliss-reactive ketones (excluding diaryl/α,β-unsaturated/α-hetero) is 1. The molecular formula is C26H29FN2O4. The predicted molar refractivity (Wildman–Crippen MR) is 123 cm³/mol. The van der Waals surface area contributed by atoms with E-state index in [4.69, 9.17) is 4.74 Å². The van der Waals surface area contributed by atoms with Gasteiger partial charge < -0.3 is 19.6 Å². The van der Waals surface area contributed by atoms with Gasteiger partial charge in [0.05, 0.1) is 18.2 Å². The first-order valence-corrected chi connectivity index (χ1v) is 11.5. The van der Waals surface area contributed by atoms with Gasteiger partial charge in [0.1, 0.15) is 17.3 Å². The average Bonchev–Trinajstić information content (AvgIpc) is 3.43. The van der Waals surface area contributed by atoms with Gasteiger partial charge in [-0.1, -0.05) is 19.1 Å². The van der Waals surface area contributed by atoms with Gasteiger partial charge in [0.2, 0.25) is 0 Å². The quantitative estimate of drug-likeness (QED) is 0.371. The first-order valence-electron chi connectivity index (χ1n) is 11.5. The Hall–Kier alpha value is -3.19. The Kier molecular flexibility index (Phi) is 7.08. The second kappa shape index (κ2) is 10.2. The van der Waals surface area contributed by atoms with E-state index in [1.165, 1.54) is 29.2 Å². The van der Waals surface area contributed by atoms with E-state index in [-0.39, 0.29) is 16.9 Å². The Morgan fingerprint density at radius 2 is 1.82 bits per heavy atom. The Bertz CT molecular complexity index is 1040. The fraction of sp³-hybridized carbons (Fsp3) is 0.385. The Morgan fingerprint density at radius 3 is 2.52 bits per heavy atom. The van der Waals surface area contributed by atoms with Crippen LogP contribution in [0.5, 0.6) is 5.75 Å². The number of aliphatic hydroxyl groups excluding tert-OH is 1. The molecule has 2 aromatic carbocycles. The van der Waals surface area contributed by atoms with Crippen LogP contribution in [0.2, 0.25) is 0 Å². The van der Waals surface area contributed by atoms with Crippen LogP contribution in [-0.2, 0) is 9.59 Å². The minimum Gasteiger partial charge on any atom is -0.507 e.